The fourth-order valence-corrected chi connectivity index (χ4v) is 17.1. The summed E-state index contributed by atoms with van der Waals surface area (Å²) < 4.78 is 67.9. The predicted octanol–water partition coefficient (Wildman–Crippen LogP) is -19.6. The van der Waals surface area contributed by atoms with Gasteiger partial charge in [-0.2, -0.15) is 0 Å². The standard InChI is InChI=1S/C40H50N20O10.2ClHO4.2K.4H2O/c1-31-32(2)43-13-47-25(65)51-17-55-29(69)59-19-57-27(67)53-15-49-23(63)45(11-41(31)21(43)61)33(3)34(49,4)50-16-54-28(68)58(38(57,8)37(53,54)7)20-60-30(70)56(39(55,9)40(59,60)10)18-52-26(66)48(35(47,5)36(51,52)6)14-44(32)22(62)42(31)12-46(33)24(50)64;2*2-1(3,4)5;;;;;;/h11-20H2,1-10H3;2*(H,2,3,4,5);;;4*1H2/q;;;2*+1;;;;/p-2. The van der Waals surface area contributed by atoms with Crippen LogP contribution < -0.4 is 140 Å². The molecule has 46 heteroatoms. The Hall–Kier alpha value is -3.93. The van der Waals surface area contributed by atoms with Gasteiger partial charge in [0.05, 0.1) is 0 Å². The SMILES string of the molecule is CC12N3CN4C(=O)N5CN6C(=O)N7CN8C(=O)N9CN%10C(=O)N%11CN(C3=O)C1(C)N1CN3C(=O)N(CN%12C(=O)N(CN%13C(=O)N(CN%14C(=O)N(CN2C1=O)C4(C)C5%14C)C6(C)C7%13C)C8(C)C9%12C)C%10(C)C%113C.O.O.O.O.[K+].[K+].[O-][Cl+3]([O-])([O-])[O-].[O-][Cl+3]([O-])([O-])[O-]. The summed E-state index contributed by atoms with van der Waals surface area (Å²) in [5.41, 5.74) is -17.1. The van der Waals surface area contributed by atoms with Crippen LogP contribution in [0.4, 0.5) is 47.9 Å². The predicted molar refractivity (Wildman–Crippen MR) is 238 cm³/mol. The Morgan fingerprint density at radius 1 is 0.209 bits per heavy atom. The van der Waals surface area contributed by atoms with E-state index in [0.29, 0.717) is 0 Å². The van der Waals surface area contributed by atoms with Gasteiger partial charge in [0.1, 0.15) is 66.7 Å². The van der Waals surface area contributed by atoms with E-state index in [4.69, 9.17) is 37.3 Å². The number of hydrogen-bond acceptors (Lipinski definition) is 18. The molecular formula is C40H58Cl2K2N20O22. The topological polar surface area (TPSA) is 546 Å². The Balaban J connectivity index is 0.000000559. The maximum absolute atomic E-state index is 15.8. The molecule has 20 amide bonds. The molecule has 0 aromatic carbocycles. The van der Waals surface area contributed by atoms with Crippen LogP contribution in [0.25, 0.3) is 0 Å². The Morgan fingerprint density at radius 3 is 0.302 bits per heavy atom. The van der Waals surface area contributed by atoms with Gasteiger partial charge in [0.15, 0.2) is 56.6 Å². The number of nitrogens with zero attached hydrogens (tertiary/aromatic N) is 20. The zero-order valence-electron chi connectivity index (χ0n) is 48.1. The molecule has 0 atom stereocenters. The Kier molecular flexibility index (Phi) is 14.5. The molecule has 0 spiro atoms. The number of carbonyl (C=O) groups excluding carboxylic acids is 10. The van der Waals surface area contributed by atoms with Gasteiger partial charge in [-0.3, -0.25) is 98.0 Å². The first kappa shape index (κ1) is 68.0. The molecule has 0 saturated carbocycles. The molecule has 0 aromatic heterocycles. The molecule has 15 heterocycles. The number of hydrogen-bond donors (Lipinski definition) is 0. The number of amides is 20. The minimum absolute atomic E-state index is 0. The van der Waals surface area contributed by atoms with Gasteiger partial charge in [0.2, 0.25) is 0 Å². The van der Waals surface area contributed by atoms with E-state index >= 15 is 47.9 Å². The van der Waals surface area contributed by atoms with Crippen molar-refractivity contribution in [3.8, 4) is 0 Å². The summed E-state index contributed by atoms with van der Waals surface area (Å²) in [5.74, 6) is 0. The third-order valence-electron chi connectivity index (χ3n) is 22.4. The second-order valence-electron chi connectivity index (χ2n) is 23.8. The van der Waals surface area contributed by atoms with E-state index in [9.17, 15) is 0 Å². The third kappa shape index (κ3) is 6.34. The molecule has 8 N–H and O–H groups in total. The average Bonchev–Trinajstić information content (AvgIpc) is 1.48. The molecule has 15 fully saturated rings. The number of rotatable bonds is 0. The maximum atomic E-state index is 15.8. The van der Waals surface area contributed by atoms with Crippen molar-refractivity contribution in [3.05, 3.63) is 0 Å². The van der Waals surface area contributed by atoms with E-state index in [1.807, 2.05) is 0 Å². The van der Waals surface area contributed by atoms with Gasteiger partial charge < -0.3 is 21.9 Å². The van der Waals surface area contributed by atoms with Crippen LogP contribution in [0.5, 0.6) is 0 Å². The van der Waals surface area contributed by atoms with Crippen molar-refractivity contribution in [2.24, 2.45) is 0 Å². The van der Waals surface area contributed by atoms with E-state index in [-0.39, 0.29) is 125 Å². The second kappa shape index (κ2) is 18.4. The normalized spacial score (nSPS) is 39.7. The van der Waals surface area contributed by atoms with Gasteiger partial charge in [0, 0.05) is 0 Å². The van der Waals surface area contributed by atoms with Crippen molar-refractivity contribution < 1.29 is 230 Å². The first-order chi connectivity index (χ1) is 36.6. The Labute approximate surface area is 575 Å². The van der Waals surface area contributed by atoms with Crippen molar-refractivity contribution in [1.82, 2.24) is 98.0 Å². The molecule has 0 bridgehead atoms. The zero-order valence-corrected chi connectivity index (χ0v) is 55.9. The van der Waals surface area contributed by atoms with E-state index in [0.717, 1.165) is 0 Å². The first-order valence-electron chi connectivity index (χ1n) is 24.8. The zero-order chi connectivity index (χ0) is 58.4. The number of carbonyl (C=O) groups is 10. The van der Waals surface area contributed by atoms with Crippen molar-refractivity contribution in [2.45, 2.75) is 126 Å². The fourth-order valence-electron chi connectivity index (χ4n) is 17.1. The largest absolute Gasteiger partial charge is 1.00 e. The van der Waals surface area contributed by atoms with E-state index in [2.05, 4.69) is 0 Å². The molecule has 42 nitrogen and oxygen atoms in total. The molecule has 86 heavy (non-hydrogen) atoms. The quantitative estimate of drug-likeness (QED) is 0.203. The van der Waals surface area contributed by atoms with Crippen LogP contribution in [-0.4, -0.2) is 304 Å². The first-order valence-corrected chi connectivity index (χ1v) is 27.3. The minimum atomic E-state index is -4.94. The van der Waals surface area contributed by atoms with Crippen molar-refractivity contribution in [2.75, 3.05) is 66.7 Å². The van der Waals surface area contributed by atoms with Crippen LogP contribution in [0, 0.1) is 20.5 Å². The van der Waals surface area contributed by atoms with Gasteiger partial charge in [-0.15, -0.1) is 20.5 Å². The number of halogens is 2. The Bertz CT molecular complexity index is 2390. The molecule has 15 aliphatic heterocycles. The molecule has 0 unspecified atom stereocenters. The smallest absolute Gasteiger partial charge is 0.412 e. The summed E-state index contributed by atoms with van der Waals surface area (Å²) in [6.07, 6.45) is 0. The molecule has 466 valence electrons. The number of urea groups is 10. The van der Waals surface area contributed by atoms with Crippen LogP contribution in [0.2, 0.25) is 0 Å². The van der Waals surface area contributed by atoms with Crippen LogP contribution >= 0.6 is 0 Å². The summed E-state index contributed by atoms with van der Waals surface area (Å²) >= 11 is 0. The minimum Gasteiger partial charge on any atom is -0.412 e. The van der Waals surface area contributed by atoms with Crippen molar-refractivity contribution in [1.29, 1.82) is 0 Å². The van der Waals surface area contributed by atoms with Crippen LogP contribution in [-0.2, 0) is 0 Å². The van der Waals surface area contributed by atoms with Gasteiger partial charge in [0.25, 0.3) is 0 Å². The second-order valence-corrected chi connectivity index (χ2v) is 25.3. The van der Waals surface area contributed by atoms with E-state index < -0.39 is 204 Å². The van der Waals surface area contributed by atoms with Crippen LogP contribution in [0.3, 0.4) is 0 Å². The van der Waals surface area contributed by atoms with Crippen molar-refractivity contribution >= 4 is 60.3 Å². The maximum Gasteiger partial charge on any atom is 1.00 e. The fraction of sp³-hybridized carbons (Fsp3) is 0.750. The van der Waals surface area contributed by atoms with Crippen LogP contribution in [0.1, 0.15) is 69.2 Å². The molecule has 0 radical (unpaired) electrons. The monoisotopic (exact) mass is 1320 g/mol. The third-order valence-corrected chi connectivity index (χ3v) is 22.4. The van der Waals surface area contributed by atoms with Gasteiger partial charge in [-0.25, -0.2) is 85.2 Å². The molecule has 15 aliphatic rings. The molecule has 0 aliphatic carbocycles. The molecule has 15 saturated heterocycles. The van der Waals surface area contributed by atoms with E-state index in [1.165, 1.54) is 98.0 Å². The summed E-state index contributed by atoms with van der Waals surface area (Å²) in [6, 6.07) is -6.57. The molecular weight excluding hydrogens is 1260 g/mol. The summed E-state index contributed by atoms with van der Waals surface area (Å²) in [6.45, 7) is 12.0. The van der Waals surface area contributed by atoms with Crippen LogP contribution in [0.15, 0.2) is 0 Å². The Morgan fingerprint density at radius 2 is 0.256 bits per heavy atom. The summed E-state index contributed by atoms with van der Waals surface area (Å²) in [7, 11) is -9.89. The summed E-state index contributed by atoms with van der Waals surface area (Å²) in [4.78, 5) is 186. The van der Waals surface area contributed by atoms with E-state index in [1.54, 1.807) is 69.2 Å². The molecule has 0 aromatic rings. The van der Waals surface area contributed by atoms with Crippen molar-refractivity contribution in [3.63, 3.8) is 0 Å². The van der Waals surface area contributed by atoms with Gasteiger partial charge in [-0.05, 0) is 69.2 Å². The van der Waals surface area contributed by atoms with Gasteiger partial charge in [-0.1, -0.05) is 0 Å². The average molecular weight is 1320 g/mol. The summed E-state index contributed by atoms with van der Waals surface area (Å²) in [5, 5.41) is 0. The van der Waals surface area contributed by atoms with Gasteiger partial charge >= 0.3 is 163 Å². The molecule has 15 rings (SSSR count).